The van der Waals surface area contributed by atoms with Crippen molar-refractivity contribution in [2.24, 2.45) is 0 Å². The van der Waals surface area contributed by atoms with Crippen molar-refractivity contribution in [1.29, 1.82) is 0 Å². The molecule has 0 spiro atoms. The Morgan fingerprint density at radius 2 is 2.23 bits per heavy atom. The number of thiazole rings is 1. The number of carbonyl (C=O) groups excluding carboxylic acids is 1. The van der Waals surface area contributed by atoms with Gasteiger partial charge in [0.05, 0.1) is 6.61 Å². The third-order valence-corrected chi connectivity index (χ3v) is 4.18. The molecule has 1 saturated heterocycles. The summed E-state index contributed by atoms with van der Waals surface area (Å²) in [6, 6.07) is 9.63. The van der Waals surface area contributed by atoms with Gasteiger partial charge >= 0.3 is 0 Å². The number of rotatable bonds is 4. The molecule has 5 nitrogen and oxygen atoms in total. The maximum atomic E-state index is 12.4. The Morgan fingerprint density at radius 1 is 1.41 bits per heavy atom. The Morgan fingerprint density at radius 3 is 2.86 bits per heavy atom. The van der Waals surface area contributed by atoms with Crippen molar-refractivity contribution >= 4 is 29.7 Å². The molecule has 1 aliphatic rings. The van der Waals surface area contributed by atoms with E-state index in [0.29, 0.717) is 13.2 Å². The van der Waals surface area contributed by atoms with E-state index in [1.165, 1.54) is 11.3 Å². The number of carbonyl (C=O) groups is 1. The van der Waals surface area contributed by atoms with Crippen LogP contribution in [0.25, 0.3) is 0 Å². The number of aromatic nitrogens is 1. The van der Waals surface area contributed by atoms with Crippen LogP contribution < -0.4 is 10.6 Å². The summed E-state index contributed by atoms with van der Waals surface area (Å²) in [4.78, 5) is 16.7. The van der Waals surface area contributed by atoms with Crippen LogP contribution in [0.1, 0.15) is 16.6 Å². The van der Waals surface area contributed by atoms with E-state index in [1.54, 1.807) is 6.20 Å². The standard InChI is InChI=1S/C15H17N3O2S.ClH/c19-14(12-10-16-6-8-20-12)18-13(15-17-7-9-21-15)11-4-2-1-3-5-11;/h1-5,7,9,12-13,16H,6,8,10H2,(H,18,19);1H. The molecule has 2 unspecified atom stereocenters. The average molecular weight is 340 g/mol. The predicted molar refractivity (Wildman–Crippen MR) is 88.4 cm³/mol. The van der Waals surface area contributed by atoms with E-state index in [0.717, 1.165) is 17.1 Å². The molecule has 1 amide bonds. The molecule has 1 aromatic heterocycles. The van der Waals surface area contributed by atoms with Crippen LogP contribution in [0.5, 0.6) is 0 Å². The summed E-state index contributed by atoms with van der Waals surface area (Å²) in [6.45, 7) is 1.90. The molecule has 7 heteroatoms. The van der Waals surface area contributed by atoms with Gasteiger partial charge in [0.25, 0.3) is 5.91 Å². The first kappa shape index (κ1) is 16.9. The molecule has 2 atom stereocenters. The van der Waals surface area contributed by atoms with Gasteiger partial charge in [0.2, 0.25) is 0 Å². The first-order chi connectivity index (χ1) is 10.3. The molecule has 0 saturated carbocycles. The van der Waals surface area contributed by atoms with Crippen LogP contribution in [-0.2, 0) is 9.53 Å². The van der Waals surface area contributed by atoms with Gasteiger partial charge in [-0.25, -0.2) is 4.98 Å². The Hall–Kier alpha value is -1.47. The first-order valence-electron chi connectivity index (χ1n) is 6.91. The highest BCUT2D eigenvalue weighted by atomic mass is 35.5. The van der Waals surface area contributed by atoms with Crippen LogP contribution in [-0.4, -0.2) is 36.7 Å². The van der Waals surface area contributed by atoms with Gasteiger partial charge in [0.15, 0.2) is 0 Å². The van der Waals surface area contributed by atoms with Crippen LogP contribution in [0.2, 0.25) is 0 Å². The molecule has 2 heterocycles. The van der Waals surface area contributed by atoms with E-state index in [1.807, 2.05) is 35.7 Å². The van der Waals surface area contributed by atoms with Gasteiger partial charge in [-0.3, -0.25) is 4.79 Å². The number of hydrogen-bond acceptors (Lipinski definition) is 5. The van der Waals surface area contributed by atoms with Gasteiger partial charge in [-0.1, -0.05) is 30.3 Å². The maximum Gasteiger partial charge on any atom is 0.251 e. The number of morpholine rings is 1. The monoisotopic (exact) mass is 339 g/mol. The zero-order valence-electron chi connectivity index (χ0n) is 11.9. The molecule has 1 aromatic carbocycles. The lowest BCUT2D eigenvalue weighted by Crippen LogP contribution is -2.48. The van der Waals surface area contributed by atoms with Gasteiger partial charge in [0.1, 0.15) is 17.2 Å². The third kappa shape index (κ3) is 4.04. The number of benzene rings is 1. The number of ether oxygens (including phenoxy) is 1. The molecular weight excluding hydrogens is 322 g/mol. The molecule has 2 aromatic rings. The van der Waals surface area contributed by atoms with E-state index in [2.05, 4.69) is 15.6 Å². The van der Waals surface area contributed by atoms with Crippen LogP contribution >= 0.6 is 23.7 Å². The first-order valence-corrected chi connectivity index (χ1v) is 7.79. The average Bonchev–Trinajstić information content (AvgIpc) is 3.08. The Bertz CT molecular complexity index is 574. The molecule has 22 heavy (non-hydrogen) atoms. The molecule has 0 bridgehead atoms. The lowest BCUT2D eigenvalue weighted by Gasteiger charge is -2.25. The second-order valence-corrected chi connectivity index (χ2v) is 5.71. The maximum absolute atomic E-state index is 12.4. The molecule has 118 valence electrons. The summed E-state index contributed by atoms with van der Waals surface area (Å²) in [5, 5.41) is 9.00. The number of nitrogens with one attached hydrogen (secondary N) is 2. The largest absolute Gasteiger partial charge is 0.366 e. The summed E-state index contributed by atoms with van der Waals surface area (Å²) in [7, 11) is 0. The predicted octanol–water partition coefficient (Wildman–Crippen LogP) is 1.76. The summed E-state index contributed by atoms with van der Waals surface area (Å²) in [5.74, 6) is -0.105. The van der Waals surface area contributed by atoms with E-state index in [-0.39, 0.29) is 24.4 Å². The fourth-order valence-electron chi connectivity index (χ4n) is 2.28. The van der Waals surface area contributed by atoms with E-state index in [4.69, 9.17) is 4.74 Å². The fourth-order valence-corrected chi connectivity index (χ4v) is 2.99. The molecule has 1 aliphatic heterocycles. The lowest BCUT2D eigenvalue weighted by molar-refractivity contribution is -0.134. The molecule has 0 aliphatic carbocycles. The van der Waals surface area contributed by atoms with Crippen LogP contribution in [0.4, 0.5) is 0 Å². The highest BCUT2D eigenvalue weighted by molar-refractivity contribution is 7.09. The molecule has 1 fully saturated rings. The van der Waals surface area contributed by atoms with Crippen LogP contribution in [0.3, 0.4) is 0 Å². The molecule has 2 N–H and O–H groups in total. The number of halogens is 1. The Kier molecular flexibility index (Phi) is 6.33. The number of hydrogen-bond donors (Lipinski definition) is 2. The molecular formula is C15H18ClN3O2S. The van der Waals surface area contributed by atoms with Crippen molar-refractivity contribution in [3.63, 3.8) is 0 Å². The van der Waals surface area contributed by atoms with Crippen LogP contribution in [0, 0.1) is 0 Å². The van der Waals surface area contributed by atoms with Crippen molar-refractivity contribution in [1.82, 2.24) is 15.6 Å². The second kappa shape index (κ2) is 8.24. The van der Waals surface area contributed by atoms with Gasteiger partial charge in [-0.05, 0) is 5.56 Å². The van der Waals surface area contributed by atoms with Crippen molar-refractivity contribution in [3.05, 3.63) is 52.5 Å². The highest BCUT2D eigenvalue weighted by Crippen LogP contribution is 2.23. The quantitative estimate of drug-likeness (QED) is 0.891. The van der Waals surface area contributed by atoms with Crippen molar-refractivity contribution in [3.8, 4) is 0 Å². The minimum absolute atomic E-state index is 0. The second-order valence-electron chi connectivity index (χ2n) is 4.79. The van der Waals surface area contributed by atoms with E-state index in [9.17, 15) is 4.79 Å². The Labute approximate surface area is 139 Å². The zero-order chi connectivity index (χ0) is 14.5. The summed E-state index contributed by atoms with van der Waals surface area (Å²) in [5.41, 5.74) is 1.02. The van der Waals surface area contributed by atoms with Gasteiger partial charge in [-0.15, -0.1) is 23.7 Å². The number of nitrogens with zero attached hydrogens (tertiary/aromatic N) is 1. The van der Waals surface area contributed by atoms with Crippen LogP contribution in [0.15, 0.2) is 41.9 Å². The lowest BCUT2D eigenvalue weighted by atomic mass is 10.1. The van der Waals surface area contributed by atoms with E-state index < -0.39 is 6.10 Å². The van der Waals surface area contributed by atoms with Crippen molar-refractivity contribution in [2.75, 3.05) is 19.7 Å². The summed E-state index contributed by atoms with van der Waals surface area (Å²) < 4.78 is 5.50. The third-order valence-electron chi connectivity index (χ3n) is 3.34. The fraction of sp³-hybridized carbons (Fsp3) is 0.333. The molecule has 3 rings (SSSR count). The van der Waals surface area contributed by atoms with Gasteiger partial charge in [-0.2, -0.15) is 0 Å². The minimum atomic E-state index is -0.440. The minimum Gasteiger partial charge on any atom is -0.366 e. The van der Waals surface area contributed by atoms with Crippen molar-refractivity contribution in [2.45, 2.75) is 12.1 Å². The van der Waals surface area contributed by atoms with Gasteiger partial charge in [0, 0.05) is 24.7 Å². The smallest absolute Gasteiger partial charge is 0.251 e. The number of amides is 1. The van der Waals surface area contributed by atoms with Gasteiger partial charge < -0.3 is 15.4 Å². The summed E-state index contributed by atoms with van der Waals surface area (Å²) in [6.07, 6.45) is 1.31. The topological polar surface area (TPSA) is 63.2 Å². The molecule has 0 radical (unpaired) electrons. The van der Waals surface area contributed by atoms with E-state index >= 15 is 0 Å². The highest BCUT2D eigenvalue weighted by Gasteiger charge is 2.26. The SMILES string of the molecule is Cl.O=C(NC(c1ccccc1)c1nccs1)C1CNCCO1. The van der Waals surface area contributed by atoms with Crippen molar-refractivity contribution < 1.29 is 9.53 Å². The normalized spacial score (nSPS) is 19.0. The zero-order valence-corrected chi connectivity index (χ0v) is 13.5. The Balaban J connectivity index is 0.00000176. The summed E-state index contributed by atoms with van der Waals surface area (Å²) >= 11 is 1.53.